The second-order valence-electron chi connectivity index (χ2n) is 13.0. The molecule has 0 unspecified atom stereocenters. The van der Waals surface area contributed by atoms with Gasteiger partial charge < -0.3 is 9.80 Å². The summed E-state index contributed by atoms with van der Waals surface area (Å²) in [6.45, 7) is 10.2. The Bertz CT molecular complexity index is 1440. The molecular formula is C39H47BN6. The standard InChI is InChI=1S/C24H20B.C15H26N6/c1-5-13-21(14-6-1)25(22-15-7-2-8-16-22,23-17-9-3-10-18-23)24-19-11-4-12-20-24;1-5-16-14-18(7-1)9-3-11-20(14)13-21-12-4-10-19-8-2-6-17-15(19)21/h1-20H;1-13H2/q-1;/p+1. The zero-order valence-electron chi connectivity index (χ0n) is 27.1. The van der Waals surface area contributed by atoms with Crippen LogP contribution < -0.4 is 27.2 Å². The molecular weight excluding hydrogens is 563 g/mol. The SMILES string of the molecule is C1CN=C2N(C1)CCCN2CN1CCC[N+]2=C1NCCC2.c1ccc([B-](c2ccccc2)(c2ccccc2)c2ccccc2)cc1. The van der Waals surface area contributed by atoms with E-state index in [1.165, 1.54) is 92.2 Å². The minimum absolute atomic E-state index is 0.994. The minimum Gasteiger partial charge on any atom is -0.343 e. The van der Waals surface area contributed by atoms with Crippen LogP contribution in [0, 0.1) is 0 Å². The van der Waals surface area contributed by atoms with Crippen LogP contribution in [0.3, 0.4) is 0 Å². The van der Waals surface area contributed by atoms with Crippen molar-refractivity contribution in [1.82, 2.24) is 20.0 Å². The van der Waals surface area contributed by atoms with E-state index in [1.54, 1.807) is 0 Å². The number of nitrogens with zero attached hydrogens (tertiary/aromatic N) is 5. The molecule has 4 aromatic rings. The van der Waals surface area contributed by atoms with Crippen LogP contribution in [0.1, 0.15) is 25.7 Å². The van der Waals surface area contributed by atoms with Crippen molar-refractivity contribution in [3.8, 4) is 0 Å². The summed E-state index contributed by atoms with van der Waals surface area (Å²) in [6, 6.07) is 43.5. The molecule has 8 rings (SSSR count). The first kappa shape index (κ1) is 30.2. The Hall–Kier alpha value is -4.52. The highest BCUT2D eigenvalue weighted by Crippen LogP contribution is 2.16. The first-order valence-corrected chi connectivity index (χ1v) is 17.4. The maximum absolute atomic E-state index is 4.80. The van der Waals surface area contributed by atoms with Crippen molar-refractivity contribution in [3.05, 3.63) is 121 Å². The first-order valence-electron chi connectivity index (χ1n) is 17.4. The number of hydrogen-bond donors (Lipinski definition) is 1. The molecule has 236 valence electrons. The van der Waals surface area contributed by atoms with Gasteiger partial charge in [0.25, 0.3) is 0 Å². The van der Waals surface area contributed by atoms with Crippen LogP contribution in [0.15, 0.2) is 126 Å². The van der Waals surface area contributed by atoms with E-state index in [2.05, 4.69) is 146 Å². The van der Waals surface area contributed by atoms with Crippen LogP contribution in [-0.4, -0.2) is 96.4 Å². The second-order valence-corrected chi connectivity index (χ2v) is 13.0. The number of nitrogens with one attached hydrogen (secondary N) is 1. The lowest BCUT2D eigenvalue weighted by Crippen LogP contribution is -2.74. The van der Waals surface area contributed by atoms with Gasteiger partial charge in [0, 0.05) is 39.0 Å². The van der Waals surface area contributed by atoms with Crippen molar-refractivity contribution >= 4 is 39.9 Å². The lowest BCUT2D eigenvalue weighted by atomic mass is 9.13. The van der Waals surface area contributed by atoms with Crippen LogP contribution in [0.2, 0.25) is 0 Å². The van der Waals surface area contributed by atoms with Crippen molar-refractivity contribution in [1.29, 1.82) is 0 Å². The quantitative estimate of drug-likeness (QED) is 0.269. The highest BCUT2D eigenvalue weighted by molar-refractivity contribution is 7.19. The molecule has 46 heavy (non-hydrogen) atoms. The zero-order chi connectivity index (χ0) is 31.0. The Balaban J connectivity index is 0.000000149. The molecule has 4 aromatic carbocycles. The van der Waals surface area contributed by atoms with Gasteiger partial charge in [-0.1, -0.05) is 121 Å². The topological polar surface area (TPSA) is 37.1 Å². The number of fused-ring (bicyclic) bond motifs is 1. The Morgan fingerprint density at radius 2 is 1.07 bits per heavy atom. The van der Waals surface area contributed by atoms with E-state index in [9.17, 15) is 0 Å². The molecule has 0 atom stereocenters. The van der Waals surface area contributed by atoms with Gasteiger partial charge in [-0.3, -0.25) is 14.9 Å². The molecule has 4 aliphatic heterocycles. The number of rotatable bonds is 6. The fourth-order valence-corrected chi connectivity index (χ4v) is 8.08. The molecule has 0 bridgehead atoms. The Labute approximate surface area is 275 Å². The summed E-state index contributed by atoms with van der Waals surface area (Å²) in [6.07, 6.45) is 3.80. The van der Waals surface area contributed by atoms with Gasteiger partial charge in [0.2, 0.25) is 0 Å². The van der Waals surface area contributed by atoms with E-state index in [0.717, 1.165) is 26.3 Å². The van der Waals surface area contributed by atoms with Crippen molar-refractivity contribution in [3.63, 3.8) is 0 Å². The maximum atomic E-state index is 4.80. The fraction of sp³-hybridized carbons (Fsp3) is 0.333. The third kappa shape index (κ3) is 6.15. The van der Waals surface area contributed by atoms with Crippen molar-refractivity contribution in [2.75, 3.05) is 59.0 Å². The summed E-state index contributed by atoms with van der Waals surface area (Å²) < 4.78 is 2.53. The van der Waals surface area contributed by atoms with Crippen LogP contribution in [0.5, 0.6) is 0 Å². The smallest absolute Gasteiger partial charge is 0.343 e. The minimum atomic E-state index is -1.22. The molecule has 0 amide bonds. The highest BCUT2D eigenvalue weighted by atomic mass is 15.5. The molecule has 4 aliphatic rings. The van der Waals surface area contributed by atoms with Gasteiger partial charge in [-0.05, 0) is 12.8 Å². The predicted molar refractivity (Wildman–Crippen MR) is 194 cm³/mol. The van der Waals surface area contributed by atoms with Crippen LogP contribution in [0.4, 0.5) is 0 Å². The molecule has 1 fully saturated rings. The molecule has 1 saturated heterocycles. The molecule has 6 nitrogen and oxygen atoms in total. The largest absolute Gasteiger partial charge is 0.349 e. The molecule has 7 heteroatoms. The fourth-order valence-electron chi connectivity index (χ4n) is 8.08. The number of aliphatic imine (C=N–C) groups is 1. The van der Waals surface area contributed by atoms with Gasteiger partial charge in [0.1, 0.15) is 12.8 Å². The molecule has 4 heterocycles. The third-order valence-corrected chi connectivity index (χ3v) is 10.1. The zero-order valence-corrected chi connectivity index (χ0v) is 27.1. The Morgan fingerprint density at radius 3 is 1.63 bits per heavy atom. The lowest BCUT2D eigenvalue weighted by molar-refractivity contribution is -0.545. The third-order valence-electron chi connectivity index (χ3n) is 10.1. The average molecular weight is 611 g/mol. The van der Waals surface area contributed by atoms with Crippen molar-refractivity contribution < 1.29 is 4.58 Å². The highest BCUT2D eigenvalue weighted by Gasteiger charge is 2.34. The Morgan fingerprint density at radius 1 is 0.565 bits per heavy atom. The van der Waals surface area contributed by atoms with Gasteiger partial charge in [0.05, 0.1) is 26.2 Å². The summed E-state index contributed by atoms with van der Waals surface area (Å²) in [4.78, 5) is 12.3. The van der Waals surface area contributed by atoms with E-state index in [-0.39, 0.29) is 0 Å². The molecule has 0 radical (unpaired) electrons. The van der Waals surface area contributed by atoms with Gasteiger partial charge >= 0.3 is 5.96 Å². The molecule has 0 aromatic heterocycles. The van der Waals surface area contributed by atoms with Gasteiger partial charge in [-0.15, -0.1) is 0 Å². The predicted octanol–water partition coefficient (Wildman–Crippen LogP) is 2.84. The second kappa shape index (κ2) is 14.3. The van der Waals surface area contributed by atoms with Crippen LogP contribution >= 0.6 is 0 Å². The average Bonchev–Trinajstić information content (AvgIpc) is 3.14. The number of benzene rings is 4. The van der Waals surface area contributed by atoms with E-state index < -0.39 is 6.15 Å². The van der Waals surface area contributed by atoms with Crippen molar-refractivity contribution in [2.24, 2.45) is 4.99 Å². The van der Waals surface area contributed by atoms with Gasteiger partial charge in [0.15, 0.2) is 5.96 Å². The normalized spacial score (nSPS) is 18.0. The van der Waals surface area contributed by atoms with E-state index in [1.807, 2.05) is 0 Å². The van der Waals surface area contributed by atoms with Crippen LogP contribution in [0.25, 0.3) is 0 Å². The summed E-state index contributed by atoms with van der Waals surface area (Å²) >= 11 is 0. The molecule has 0 aliphatic carbocycles. The van der Waals surface area contributed by atoms with E-state index >= 15 is 0 Å². The van der Waals surface area contributed by atoms with Gasteiger partial charge in [-0.2, -0.15) is 21.9 Å². The summed E-state index contributed by atoms with van der Waals surface area (Å²) in [5.74, 6) is 2.61. The number of hydrogen-bond acceptors (Lipinski definition) is 5. The van der Waals surface area contributed by atoms with E-state index in [4.69, 9.17) is 4.99 Å². The lowest BCUT2D eigenvalue weighted by Gasteiger charge is -2.44. The van der Waals surface area contributed by atoms with E-state index in [0.29, 0.717) is 0 Å². The summed E-state index contributed by atoms with van der Waals surface area (Å²) in [5, 5.41) is 3.62. The summed E-state index contributed by atoms with van der Waals surface area (Å²) in [5.41, 5.74) is 5.36. The van der Waals surface area contributed by atoms with Gasteiger partial charge in [-0.25, -0.2) is 4.90 Å². The monoisotopic (exact) mass is 610 g/mol. The molecule has 1 N–H and O–H groups in total. The molecule has 0 saturated carbocycles. The maximum Gasteiger partial charge on any atom is 0.349 e. The number of guanidine groups is 2. The van der Waals surface area contributed by atoms with Crippen LogP contribution in [-0.2, 0) is 0 Å². The van der Waals surface area contributed by atoms with Crippen molar-refractivity contribution in [2.45, 2.75) is 25.7 Å². The summed E-state index contributed by atoms with van der Waals surface area (Å²) in [7, 11) is 0. The molecule has 0 spiro atoms. The first-order chi connectivity index (χ1) is 22.8. The Kier molecular flexibility index (Phi) is 9.36.